The van der Waals surface area contributed by atoms with Crippen LogP contribution in [0.1, 0.15) is 46.0 Å². The van der Waals surface area contributed by atoms with Crippen LogP contribution in [0.4, 0.5) is 0 Å². The van der Waals surface area contributed by atoms with Crippen LogP contribution in [0.5, 0.6) is 0 Å². The van der Waals surface area contributed by atoms with Gasteiger partial charge in [-0.2, -0.15) is 0 Å². The van der Waals surface area contributed by atoms with E-state index in [4.69, 9.17) is 0 Å². The largest absolute Gasteiger partial charge is 0.343 e. The highest BCUT2D eigenvalue weighted by atomic mass is 16.2. The van der Waals surface area contributed by atoms with Crippen molar-refractivity contribution in [1.82, 2.24) is 10.2 Å². The summed E-state index contributed by atoms with van der Waals surface area (Å²) in [6.07, 6.45) is 5.33. The fourth-order valence-corrected chi connectivity index (χ4v) is 2.21. The zero-order valence-electron chi connectivity index (χ0n) is 10.1. The molecular weight excluding hydrogens is 188 g/mol. The SMILES string of the molecule is CCNC(CC)CCCN1CCCC1=O. The standard InChI is InChI=1S/C12H24N2O/c1-3-11(13-4-2)7-5-9-14-10-6-8-12(14)15/h11,13H,3-10H2,1-2H3. The van der Waals surface area contributed by atoms with Crippen molar-refractivity contribution in [3.05, 3.63) is 0 Å². The maximum Gasteiger partial charge on any atom is 0.222 e. The van der Waals surface area contributed by atoms with Crippen molar-refractivity contribution >= 4 is 5.91 Å². The minimum Gasteiger partial charge on any atom is -0.343 e. The molecule has 1 rings (SSSR count). The molecule has 0 aromatic rings. The molecule has 1 unspecified atom stereocenters. The van der Waals surface area contributed by atoms with E-state index < -0.39 is 0 Å². The Hall–Kier alpha value is -0.570. The third-order valence-corrected chi connectivity index (χ3v) is 3.14. The maximum absolute atomic E-state index is 11.4. The summed E-state index contributed by atoms with van der Waals surface area (Å²) in [7, 11) is 0. The summed E-state index contributed by atoms with van der Waals surface area (Å²) in [4.78, 5) is 13.4. The van der Waals surface area contributed by atoms with E-state index >= 15 is 0 Å². The van der Waals surface area contributed by atoms with Crippen molar-refractivity contribution in [3.8, 4) is 0 Å². The normalized spacial score (nSPS) is 18.5. The van der Waals surface area contributed by atoms with Gasteiger partial charge in [0.1, 0.15) is 0 Å². The quantitative estimate of drug-likeness (QED) is 0.697. The molecule has 1 N–H and O–H groups in total. The van der Waals surface area contributed by atoms with E-state index in [1.165, 1.54) is 12.8 Å². The van der Waals surface area contributed by atoms with E-state index in [0.717, 1.165) is 38.9 Å². The first-order valence-electron chi connectivity index (χ1n) is 6.29. The first kappa shape index (κ1) is 12.5. The van der Waals surface area contributed by atoms with Gasteiger partial charge in [0, 0.05) is 25.6 Å². The van der Waals surface area contributed by atoms with Crippen LogP contribution < -0.4 is 5.32 Å². The van der Waals surface area contributed by atoms with Gasteiger partial charge < -0.3 is 10.2 Å². The zero-order chi connectivity index (χ0) is 11.1. The Balaban J connectivity index is 2.11. The second-order valence-corrected chi connectivity index (χ2v) is 4.29. The van der Waals surface area contributed by atoms with Crippen LogP contribution in [0.15, 0.2) is 0 Å². The molecule has 88 valence electrons. The number of amides is 1. The van der Waals surface area contributed by atoms with Crippen LogP contribution in [-0.2, 0) is 4.79 Å². The molecule has 1 atom stereocenters. The minimum atomic E-state index is 0.353. The topological polar surface area (TPSA) is 32.3 Å². The molecule has 0 radical (unpaired) electrons. The molecule has 1 heterocycles. The number of nitrogens with one attached hydrogen (secondary N) is 1. The predicted molar refractivity (Wildman–Crippen MR) is 62.8 cm³/mol. The van der Waals surface area contributed by atoms with E-state index in [2.05, 4.69) is 19.2 Å². The van der Waals surface area contributed by atoms with Gasteiger partial charge >= 0.3 is 0 Å². The van der Waals surface area contributed by atoms with E-state index in [0.29, 0.717) is 11.9 Å². The Morgan fingerprint density at radius 1 is 1.47 bits per heavy atom. The van der Waals surface area contributed by atoms with E-state index in [1.54, 1.807) is 0 Å². The highest BCUT2D eigenvalue weighted by Gasteiger charge is 2.19. The fraction of sp³-hybridized carbons (Fsp3) is 0.917. The fourth-order valence-electron chi connectivity index (χ4n) is 2.21. The second-order valence-electron chi connectivity index (χ2n) is 4.29. The number of likely N-dealkylation sites (tertiary alicyclic amines) is 1. The Labute approximate surface area is 93.2 Å². The van der Waals surface area contributed by atoms with Gasteiger partial charge in [0.05, 0.1) is 0 Å². The Morgan fingerprint density at radius 2 is 2.27 bits per heavy atom. The molecular formula is C12H24N2O. The summed E-state index contributed by atoms with van der Waals surface area (Å²) in [5.74, 6) is 0.353. The average molecular weight is 212 g/mol. The number of nitrogens with zero attached hydrogens (tertiary/aromatic N) is 1. The highest BCUT2D eigenvalue weighted by molar-refractivity contribution is 5.77. The summed E-state index contributed by atoms with van der Waals surface area (Å²) < 4.78 is 0. The third kappa shape index (κ3) is 4.20. The molecule has 1 fully saturated rings. The number of carbonyl (C=O) groups is 1. The molecule has 3 heteroatoms. The monoisotopic (exact) mass is 212 g/mol. The number of hydrogen-bond donors (Lipinski definition) is 1. The van der Waals surface area contributed by atoms with Crippen LogP contribution in [0.2, 0.25) is 0 Å². The first-order chi connectivity index (χ1) is 7.27. The molecule has 1 aliphatic rings. The molecule has 1 aliphatic heterocycles. The highest BCUT2D eigenvalue weighted by Crippen LogP contribution is 2.11. The van der Waals surface area contributed by atoms with Gasteiger partial charge in [-0.25, -0.2) is 0 Å². The van der Waals surface area contributed by atoms with Gasteiger partial charge in [-0.1, -0.05) is 13.8 Å². The van der Waals surface area contributed by atoms with E-state index in [9.17, 15) is 4.79 Å². The van der Waals surface area contributed by atoms with Gasteiger partial charge in [-0.3, -0.25) is 4.79 Å². The van der Waals surface area contributed by atoms with Gasteiger partial charge in [0.15, 0.2) is 0 Å². The molecule has 3 nitrogen and oxygen atoms in total. The summed E-state index contributed by atoms with van der Waals surface area (Å²) in [5.41, 5.74) is 0. The van der Waals surface area contributed by atoms with Crippen LogP contribution in [-0.4, -0.2) is 36.5 Å². The first-order valence-corrected chi connectivity index (χ1v) is 6.29. The average Bonchev–Trinajstić information content (AvgIpc) is 2.63. The molecule has 0 aromatic heterocycles. The van der Waals surface area contributed by atoms with Gasteiger partial charge in [-0.15, -0.1) is 0 Å². The maximum atomic E-state index is 11.4. The zero-order valence-corrected chi connectivity index (χ0v) is 10.1. The minimum absolute atomic E-state index is 0.353. The van der Waals surface area contributed by atoms with Gasteiger partial charge in [0.2, 0.25) is 5.91 Å². The number of hydrogen-bond acceptors (Lipinski definition) is 2. The lowest BCUT2D eigenvalue weighted by Crippen LogP contribution is -2.31. The molecule has 15 heavy (non-hydrogen) atoms. The molecule has 0 spiro atoms. The molecule has 1 amide bonds. The van der Waals surface area contributed by atoms with Crippen LogP contribution in [0.25, 0.3) is 0 Å². The molecule has 0 saturated carbocycles. The lowest BCUT2D eigenvalue weighted by atomic mass is 10.1. The molecule has 0 aliphatic carbocycles. The molecule has 0 aromatic carbocycles. The number of rotatable bonds is 7. The van der Waals surface area contributed by atoms with Gasteiger partial charge in [-0.05, 0) is 32.2 Å². The van der Waals surface area contributed by atoms with Crippen molar-refractivity contribution in [2.24, 2.45) is 0 Å². The smallest absolute Gasteiger partial charge is 0.222 e. The third-order valence-electron chi connectivity index (χ3n) is 3.14. The summed E-state index contributed by atoms with van der Waals surface area (Å²) in [6, 6.07) is 0.632. The van der Waals surface area contributed by atoms with E-state index in [1.807, 2.05) is 4.90 Å². The summed E-state index contributed by atoms with van der Waals surface area (Å²) in [5, 5.41) is 3.47. The Kier molecular flexibility index (Phi) is 5.69. The Bertz CT molecular complexity index is 194. The van der Waals surface area contributed by atoms with Gasteiger partial charge in [0.25, 0.3) is 0 Å². The van der Waals surface area contributed by atoms with Crippen molar-refractivity contribution in [2.75, 3.05) is 19.6 Å². The predicted octanol–water partition coefficient (Wildman–Crippen LogP) is 1.78. The Morgan fingerprint density at radius 3 is 2.80 bits per heavy atom. The van der Waals surface area contributed by atoms with Crippen LogP contribution >= 0.6 is 0 Å². The van der Waals surface area contributed by atoms with Crippen molar-refractivity contribution in [2.45, 2.75) is 52.0 Å². The second kappa shape index (κ2) is 6.83. The summed E-state index contributed by atoms with van der Waals surface area (Å²) >= 11 is 0. The van der Waals surface area contributed by atoms with Crippen molar-refractivity contribution < 1.29 is 4.79 Å². The summed E-state index contributed by atoms with van der Waals surface area (Å²) in [6.45, 7) is 7.35. The van der Waals surface area contributed by atoms with Crippen molar-refractivity contribution in [1.29, 1.82) is 0 Å². The van der Waals surface area contributed by atoms with Crippen LogP contribution in [0, 0.1) is 0 Å². The van der Waals surface area contributed by atoms with Crippen molar-refractivity contribution in [3.63, 3.8) is 0 Å². The molecule has 1 saturated heterocycles. The lowest BCUT2D eigenvalue weighted by Gasteiger charge is -2.19. The number of carbonyl (C=O) groups excluding carboxylic acids is 1. The van der Waals surface area contributed by atoms with E-state index in [-0.39, 0.29) is 0 Å². The lowest BCUT2D eigenvalue weighted by molar-refractivity contribution is -0.127. The molecule has 0 bridgehead atoms. The van der Waals surface area contributed by atoms with Crippen LogP contribution in [0.3, 0.4) is 0 Å².